The van der Waals surface area contributed by atoms with Gasteiger partial charge in [0, 0.05) is 29.2 Å². The van der Waals surface area contributed by atoms with Crippen LogP contribution in [0.25, 0.3) is 0 Å². The van der Waals surface area contributed by atoms with E-state index in [0.717, 1.165) is 36.9 Å². The lowest BCUT2D eigenvalue weighted by molar-refractivity contribution is -0.132. The van der Waals surface area contributed by atoms with Crippen LogP contribution in [0, 0.1) is 0 Å². The predicted molar refractivity (Wildman–Crippen MR) is 89.8 cm³/mol. The summed E-state index contributed by atoms with van der Waals surface area (Å²) in [6, 6.07) is 7.38. The van der Waals surface area contributed by atoms with E-state index in [1.807, 2.05) is 11.0 Å². The number of nitrogens with one attached hydrogen (secondary N) is 2. The van der Waals surface area contributed by atoms with Gasteiger partial charge in [0.1, 0.15) is 0 Å². The molecule has 0 spiro atoms. The first-order chi connectivity index (χ1) is 10.6. The van der Waals surface area contributed by atoms with Gasteiger partial charge in [-0.1, -0.05) is 28.9 Å². The second-order valence-electron chi connectivity index (χ2n) is 5.43. The Morgan fingerprint density at radius 1 is 1.45 bits per heavy atom. The van der Waals surface area contributed by atoms with Crippen LogP contribution in [0.2, 0.25) is 0 Å². The third-order valence-corrected chi connectivity index (χ3v) is 4.24. The highest BCUT2D eigenvalue weighted by atomic mass is 79.9. The minimum atomic E-state index is -0.226. The molecule has 1 aromatic rings. The fourth-order valence-corrected chi connectivity index (χ4v) is 3.05. The molecule has 0 aromatic heterocycles. The predicted octanol–water partition coefficient (Wildman–Crippen LogP) is 1.78. The maximum absolute atomic E-state index is 12.4. The first kappa shape index (κ1) is 17.0. The number of amides is 2. The molecular formula is C16H22BrN3O2. The summed E-state index contributed by atoms with van der Waals surface area (Å²) in [5.41, 5.74) is 0.548. The van der Waals surface area contributed by atoms with Gasteiger partial charge in [-0.05, 0) is 37.6 Å². The van der Waals surface area contributed by atoms with Crippen molar-refractivity contribution in [2.24, 2.45) is 0 Å². The molecule has 1 aliphatic heterocycles. The molecule has 0 radical (unpaired) electrons. The van der Waals surface area contributed by atoms with Gasteiger partial charge in [-0.25, -0.2) is 0 Å². The van der Waals surface area contributed by atoms with Crippen molar-refractivity contribution in [1.29, 1.82) is 0 Å². The fraction of sp³-hybridized carbons (Fsp3) is 0.500. The zero-order valence-corrected chi connectivity index (χ0v) is 14.4. The molecule has 0 saturated carbocycles. The average molecular weight is 368 g/mol. The molecule has 1 aliphatic rings. The number of benzene rings is 1. The SMILES string of the molecule is CCCN(C(=O)CNC(=O)c1cccc(Br)c1)C1CCNC1. The molecule has 1 heterocycles. The lowest BCUT2D eigenvalue weighted by atomic mass is 10.2. The van der Waals surface area contributed by atoms with Crippen LogP contribution in [-0.2, 0) is 4.79 Å². The fourth-order valence-electron chi connectivity index (χ4n) is 2.65. The van der Waals surface area contributed by atoms with Crippen LogP contribution < -0.4 is 10.6 Å². The van der Waals surface area contributed by atoms with E-state index in [1.165, 1.54) is 0 Å². The molecule has 2 amide bonds. The summed E-state index contributed by atoms with van der Waals surface area (Å²) < 4.78 is 0.844. The van der Waals surface area contributed by atoms with Gasteiger partial charge in [-0.15, -0.1) is 0 Å². The van der Waals surface area contributed by atoms with Crippen molar-refractivity contribution < 1.29 is 9.59 Å². The van der Waals surface area contributed by atoms with Crippen LogP contribution >= 0.6 is 15.9 Å². The Morgan fingerprint density at radius 3 is 2.91 bits per heavy atom. The van der Waals surface area contributed by atoms with E-state index in [1.54, 1.807) is 18.2 Å². The minimum Gasteiger partial charge on any atom is -0.343 e. The van der Waals surface area contributed by atoms with Crippen molar-refractivity contribution in [3.63, 3.8) is 0 Å². The largest absolute Gasteiger partial charge is 0.343 e. The highest BCUT2D eigenvalue weighted by Gasteiger charge is 2.25. The molecule has 2 rings (SSSR count). The molecule has 5 nitrogen and oxygen atoms in total. The number of carbonyl (C=O) groups is 2. The van der Waals surface area contributed by atoms with Gasteiger partial charge in [0.2, 0.25) is 5.91 Å². The zero-order chi connectivity index (χ0) is 15.9. The van der Waals surface area contributed by atoms with Crippen LogP contribution in [0.3, 0.4) is 0 Å². The number of hydrogen-bond donors (Lipinski definition) is 2. The summed E-state index contributed by atoms with van der Waals surface area (Å²) in [5, 5.41) is 5.99. The van der Waals surface area contributed by atoms with E-state index in [4.69, 9.17) is 0 Å². The van der Waals surface area contributed by atoms with Crippen molar-refractivity contribution in [2.75, 3.05) is 26.2 Å². The smallest absolute Gasteiger partial charge is 0.251 e. The minimum absolute atomic E-state index is 0.0149. The summed E-state index contributed by atoms with van der Waals surface area (Å²) >= 11 is 3.34. The molecule has 0 bridgehead atoms. The summed E-state index contributed by atoms with van der Waals surface area (Å²) in [6.07, 6.45) is 1.90. The first-order valence-electron chi connectivity index (χ1n) is 7.65. The van der Waals surface area contributed by atoms with Gasteiger partial charge in [0.05, 0.1) is 6.54 Å². The van der Waals surface area contributed by atoms with Crippen molar-refractivity contribution in [2.45, 2.75) is 25.8 Å². The molecule has 1 aromatic carbocycles. The normalized spacial score (nSPS) is 17.3. The maximum atomic E-state index is 12.4. The molecule has 22 heavy (non-hydrogen) atoms. The van der Waals surface area contributed by atoms with E-state index in [9.17, 15) is 9.59 Å². The molecule has 1 unspecified atom stereocenters. The molecule has 1 saturated heterocycles. The van der Waals surface area contributed by atoms with Gasteiger partial charge >= 0.3 is 0 Å². The number of hydrogen-bond acceptors (Lipinski definition) is 3. The molecular weight excluding hydrogens is 346 g/mol. The van der Waals surface area contributed by atoms with Crippen molar-refractivity contribution in [3.8, 4) is 0 Å². The Labute approximate surface area is 139 Å². The number of halogens is 1. The standard InChI is InChI=1S/C16H22BrN3O2/c1-2-8-20(14-6-7-18-10-14)15(21)11-19-16(22)12-4-3-5-13(17)9-12/h3-5,9,14,18H,2,6-8,10-11H2,1H3,(H,19,22). The number of nitrogens with zero attached hydrogens (tertiary/aromatic N) is 1. The monoisotopic (exact) mass is 367 g/mol. The Morgan fingerprint density at radius 2 is 2.27 bits per heavy atom. The lowest BCUT2D eigenvalue weighted by Crippen LogP contribution is -2.46. The maximum Gasteiger partial charge on any atom is 0.251 e. The summed E-state index contributed by atoms with van der Waals surface area (Å²) in [7, 11) is 0. The summed E-state index contributed by atoms with van der Waals surface area (Å²) in [6.45, 7) is 4.62. The second kappa shape index (κ2) is 8.29. The van der Waals surface area contributed by atoms with Crippen LogP contribution in [0.4, 0.5) is 0 Å². The van der Waals surface area contributed by atoms with E-state index in [0.29, 0.717) is 5.56 Å². The molecule has 6 heteroatoms. The van der Waals surface area contributed by atoms with E-state index >= 15 is 0 Å². The number of carbonyl (C=O) groups excluding carboxylic acids is 2. The van der Waals surface area contributed by atoms with Gasteiger partial charge < -0.3 is 15.5 Å². The molecule has 2 N–H and O–H groups in total. The molecule has 0 aliphatic carbocycles. The van der Waals surface area contributed by atoms with E-state index in [2.05, 4.69) is 33.5 Å². The molecule has 120 valence electrons. The van der Waals surface area contributed by atoms with Crippen LogP contribution in [0.5, 0.6) is 0 Å². The van der Waals surface area contributed by atoms with Crippen LogP contribution in [-0.4, -0.2) is 48.9 Å². The van der Waals surface area contributed by atoms with Gasteiger partial charge in [-0.3, -0.25) is 9.59 Å². The van der Waals surface area contributed by atoms with Gasteiger partial charge in [0.25, 0.3) is 5.91 Å². The van der Waals surface area contributed by atoms with Crippen molar-refractivity contribution >= 4 is 27.7 Å². The second-order valence-corrected chi connectivity index (χ2v) is 6.34. The van der Waals surface area contributed by atoms with E-state index < -0.39 is 0 Å². The molecule has 1 fully saturated rings. The Kier molecular flexibility index (Phi) is 6.39. The Balaban J connectivity index is 1.91. The number of rotatable bonds is 6. The third-order valence-electron chi connectivity index (χ3n) is 3.75. The zero-order valence-electron chi connectivity index (χ0n) is 12.8. The first-order valence-corrected chi connectivity index (χ1v) is 8.45. The van der Waals surface area contributed by atoms with E-state index in [-0.39, 0.29) is 24.4 Å². The van der Waals surface area contributed by atoms with Crippen molar-refractivity contribution in [1.82, 2.24) is 15.5 Å². The summed E-state index contributed by atoms with van der Waals surface area (Å²) in [5.74, 6) is -0.241. The Hall–Kier alpha value is -1.40. The summed E-state index contributed by atoms with van der Waals surface area (Å²) in [4.78, 5) is 26.4. The third kappa shape index (κ3) is 4.55. The average Bonchev–Trinajstić information content (AvgIpc) is 3.04. The van der Waals surface area contributed by atoms with Crippen LogP contribution in [0.15, 0.2) is 28.7 Å². The molecule has 1 atom stereocenters. The van der Waals surface area contributed by atoms with Gasteiger partial charge in [-0.2, -0.15) is 0 Å². The lowest BCUT2D eigenvalue weighted by Gasteiger charge is -2.28. The quantitative estimate of drug-likeness (QED) is 0.805. The topological polar surface area (TPSA) is 61.4 Å². The van der Waals surface area contributed by atoms with Gasteiger partial charge in [0.15, 0.2) is 0 Å². The highest BCUT2D eigenvalue weighted by Crippen LogP contribution is 2.12. The Bertz CT molecular complexity index is 530. The van der Waals surface area contributed by atoms with Crippen LogP contribution in [0.1, 0.15) is 30.1 Å². The highest BCUT2D eigenvalue weighted by molar-refractivity contribution is 9.10. The van der Waals surface area contributed by atoms with Crippen molar-refractivity contribution in [3.05, 3.63) is 34.3 Å².